The second-order valence-electron chi connectivity index (χ2n) is 2.76. The number of sulfonamides is 1. The molecule has 0 unspecified atom stereocenters. The van der Waals surface area contributed by atoms with Gasteiger partial charge < -0.3 is 5.11 Å². The monoisotopic (exact) mass is 220 g/mol. The predicted molar refractivity (Wildman–Crippen MR) is 48.9 cm³/mol. The van der Waals surface area contributed by atoms with Gasteiger partial charge in [-0.25, -0.2) is 13.1 Å². The van der Waals surface area contributed by atoms with Crippen LogP contribution in [0.4, 0.5) is 0 Å². The average molecular weight is 220 g/mol. The van der Waals surface area contributed by atoms with Crippen LogP contribution in [0.2, 0.25) is 0 Å². The fourth-order valence-corrected chi connectivity index (χ4v) is 2.00. The van der Waals surface area contributed by atoms with E-state index in [1.807, 2.05) is 10.8 Å². The minimum absolute atomic E-state index is 0.141. The third kappa shape index (κ3) is 5.50. The molecule has 0 bridgehead atoms. The van der Waals surface area contributed by atoms with Crippen LogP contribution >= 0.6 is 0 Å². The number of nitriles is 1. The molecule has 0 saturated heterocycles. The summed E-state index contributed by atoms with van der Waals surface area (Å²) in [5.41, 5.74) is 0. The molecule has 0 fully saturated rings. The van der Waals surface area contributed by atoms with E-state index < -0.39 is 22.0 Å². The van der Waals surface area contributed by atoms with E-state index in [-0.39, 0.29) is 18.6 Å². The van der Waals surface area contributed by atoms with Gasteiger partial charge in [-0.05, 0) is 13.3 Å². The maximum atomic E-state index is 11.1. The summed E-state index contributed by atoms with van der Waals surface area (Å²) in [5.74, 6) is -1.45. The van der Waals surface area contributed by atoms with Crippen molar-refractivity contribution in [3.63, 3.8) is 0 Å². The lowest BCUT2D eigenvalue weighted by atomic mass is 10.4. The normalized spacial score (nSPS) is 13.1. The van der Waals surface area contributed by atoms with Gasteiger partial charge in [0.25, 0.3) is 0 Å². The molecule has 0 aliphatic heterocycles. The van der Waals surface area contributed by atoms with E-state index in [0.29, 0.717) is 0 Å². The number of hydrogen-bond acceptors (Lipinski definition) is 4. The van der Waals surface area contributed by atoms with Gasteiger partial charge in [0, 0.05) is 6.42 Å². The lowest BCUT2D eigenvalue weighted by Crippen LogP contribution is -2.39. The third-order valence-corrected chi connectivity index (χ3v) is 2.97. The number of hydrogen-bond donors (Lipinski definition) is 2. The molecule has 0 heterocycles. The van der Waals surface area contributed by atoms with Gasteiger partial charge in [-0.15, -0.1) is 0 Å². The summed E-state index contributed by atoms with van der Waals surface area (Å²) < 4.78 is 24.3. The fourth-order valence-electron chi connectivity index (χ4n) is 0.720. The molecule has 0 aromatic carbocycles. The molecule has 0 aromatic heterocycles. The van der Waals surface area contributed by atoms with Crippen molar-refractivity contribution in [1.82, 2.24) is 4.72 Å². The maximum Gasteiger partial charge on any atom is 0.321 e. The van der Waals surface area contributed by atoms with Gasteiger partial charge in [0.05, 0.1) is 11.8 Å². The van der Waals surface area contributed by atoms with E-state index in [1.54, 1.807) is 0 Å². The number of unbranched alkanes of at least 4 members (excludes halogenated alkanes) is 1. The summed E-state index contributed by atoms with van der Waals surface area (Å²) in [4.78, 5) is 10.3. The van der Waals surface area contributed by atoms with Crippen molar-refractivity contribution in [1.29, 1.82) is 5.26 Å². The molecule has 0 aliphatic rings. The molecule has 2 N–H and O–H groups in total. The number of carbonyl (C=O) groups is 1. The number of nitrogens with one attached hydrogen (secondary N) is 1. The molecule has 0 radical (unpaired) electrons. The topological polar surface area (TPSA) is 107 Å². The van der Waals surface area contributed by atoms with E-state index in [9.17, 15) is 13.2 Å². The first kappa shape index (κ1) is 12.9. The molecule has 0 amide bonds. The molecule has 0 rings (SSSR count). The molecule has 7 heteroatoms. The first-order chi connectivity index (χ1) is 6.39. The average Bonchev–Trinajstić information content (AvgIpc) is 2.03. The zero-order chi connectivity index (χ0) is 11.2. The Morgan fingerprint density at radius 2 is 2.21 bits per heavy atom. The molecular weight excluding hydrogens is 208 g/mol. The number of aliphatic carboxylic acids is 1. The van der Waals surface area contributed by atoms with Gasteiger partial charge in [-0.3, -0.25) is 4.79 Å². The zero-order valence-electron chi connectivity index (χ0n) is 7.73. The number of carboxylic acid groups (broad SMARTS) is 1. The lowest BCUT2D eigenvalue weighted by Gasteiger charge is -2.08. The smallest absolute Gasteiger partial charge is 0.321 e. The Labute approximate surface area is 82.6 Å². The Morgan fingerprint density at radius 3 is 2.64 bits per heavy atom. The third-order valence-electron chi connectivity index (χ3n) is 1.43. The maximum absolute atomic E-state index is 11.1. The van der Waals surface area contributed by atoms with E-state index >= 15 is 0 Å². The van der Waals surface area contributed by atoms with E-state index in [0.717, 1.165) is 0 Å². The molecule has 0 aromatic rings. The molecule has 6 nitrogen and oxygen atoms in total. The Balaban J connectivity index is 4.09. The first-order valence-electron chi connectivity index (χ1n) is 3.99. The highest BCUT2D eigenvalue weighted by Gasteiger charge is 2.18. The molecule has 14 heavy (non-hydrogen) atoms. The van der Waals surface area contributed by atoms with Crippen molar-refractivity contribution < 1.29 is 18.3 Å². The van der Waals surface area contributed by atoms with Crippen molar-refractivity contribution in [3.8, 4) is 6.07 Å². The molecule has 0 saturated carbocycles. The Morgan fingerprint density at radius 1 is 1.64 bits per heavy atom. The van der Waals surface area contributed by atoms with Gasteiger partial charge in [0.1, 0.15) is 6.04 Å². The summed E-state index contributed by atoms with van der Waals surface area (Å²) in [6.07, 6.45) is 0.348. The van der Waals surface area contributed by atoms with Crippen molar-refractivity contribution in [2.75, 3.05) is 5.75 Å². The highest BCUT2D eigenvalue weighted by molar-refractivity contribution is 7.89. The zero-order valence-corrected chi connectivity index (χ0v) is 8.54. The fraction of sp³-hybridized carbons (Fsp3) is 0.714. The lowest BCUT2D eigenvalue weighted by molar-refractivity contribution is -0.138. The van der Waals surface area contributed by atoms with Gasteiger partial charge in [0.15, 0.2) is 0 Å². The minimum atomic E-state index is -3.58. The van der Waals surface area contributed by atoms with Gasteiger partial charge in [0.2, 0.25) is 10.0 Å². The van der Waals surface area contributed by atoms with Crippen molar-refractivity contribution in [2.45, 2.75) is 25.8 Å². The van der Waals surface area contributed by atoms with Gasteiger partial charge >= 0.3 is 5.97 Å². The molecule has 80 valence electrons. The molecule has 0 spiro atoms. The molecule has 1 atom stereocenters. The molecule has 0 aliphatic carbocycles. The molecular formula is C7H12N2O4S. The van der Waals surface area contributed by atoms with E-state index in [2.05, 4.69) is 0 Å². The highest BCUT2D eigenvalue weighted by atomic mass is 32.2. The van der Waals surface area contributed by atoms with Crippen LogP contribution in [-0.4, -0.2) is 31.3 Å². The summed E-state index contributed by atoms with van der Waals surface area (Å²) >= 11 is 0. The number of carboxylic acids is 1. The Kier molecular flexibility index (Phi) is 5.12. The number of rotatable bonds is 6. The van der Waals surface area contributed by atoms with Crippen LogP contribution in [0.3, 0.4) is 0 Å². The van der Waals surface area contributed by atoms with Crippen LogP contribution < -0.4 is 4.72 Å². The van der Waals surface area contributed by atoms with Crippen LogP contribution in [0.1, 0.15) is 19.8 Å². The standard InChI is InChI=1S/C7H12N2O4S/c1-6(7(10)11)9-14(12,13)5-3-2-4-8/h6,9H,2-3,5H2,1H3,(H,10,11)/t6-/m0/s1. The summed E-state index contributed by atoms with van der Waals surface area (Å²) in [6, 6.07) is 0.671. The minimum Gasteiger partial charge on any atom is -0.480 e. The van der Waals surface area contributed by atoms with Crippen LogP contribution in [0.15, 0.2) is 0 Å². The summed E-state index contributed by atoms with van der Waals surface area (Å²) in [7, 11) is -3.58. The van der Waals surface area contributed by atoms with Crippen molar-refractivity contribution in [3.05, 3.63) is 0 Å². The van der Waals surface area contributed by atoms with Crippen LogP contribution in [-0.2, 0) is 14.8 Å². The van der Waals surface area contributed by atoms with Gasteiger partial charge in [-0.2, -0.15) is 5.26 Å². The SMILES string of the molecule is C[C@H](NS(=O)(=O)CCCC#N)C(=O)O. The predicted octanol–water partition coefficient (Wildman–Crippen LogP) is -0.317. The van der Waals surface area contributed by atoms with Gasteiger partial charge in [-0.1, -0.05) is 0 Å². The van der Waals surface area contributed by atoms with Crippen LogP contribution in [0.5, 0.6) is 0 Å². The summed E-state index contributed by atoms with van der Waals surface area (Å²) in [5, 5.41) is 16.6. The summed E-state index contributed by atoms with van der Waals surface area (Å²) in [6.45, 7) is 1.24. The van der Waals surface area contributed by atoms with E-state index in [1.165, 1.54) is 6.92 Å². The second kappa shape index (κ2) is 5.57. The van der Waals surface area contributed by atoms with Crippen molar-refractivity contribution in [2.24, 2.45) is 0 Å². The largest absolute Gasteiger partial charge is 0.480 e. The van der Waals surface area contributed by atoms with E-state index in [4.69, 9.17) is 10.4 Å². The number of nitrogens with zero attached hydrogens (tertiary/aromatic N) is 1. The quantitative estimate of drug-likeness (QED) is 0.596. The first-order valence-corrected chi connectivity index (χ1v) is 5.64. The Bertz CT molecular complexity index is 330. The van der Waals surface area contributed by atoms with Crippen molar-refractivity contribution >= 4 is 16.0 Å². The van der Waals surface area contributed by atoms with Crippen LogP contribution in [0.25, 0.3) is 0 Å². The second-order valence-corrected chi connectivity index (χ2v) is 4.63. The van der Waals surface area contributed by atoms with Crippen LogP contribution in [0, 0.1) is 11.3 Å². The Hall–Kier alpha value is -1.13. The highest BCUT2D eigenvalue weighted by Crippen LogP contribution is 1.95.